The summed E-state index contributed by atoms with van der Waals surface area (Å²) >= 11 is 1.19. The van der Waals surface area contributed by atoms with Gasteiger partial charge in [0.1, 0.15) is 10.9 Å². The first-order chi connectivity index (χ1) is 9.09. The highest BCUT2D eigenvalue weighted by atomic mass is 32.1. The first-order valence-corrected chi connectivity index (χ1v) is 6.76. The van der Waals surface area contributed by atoms with Crippen LogP contribution in [0, 0.1) is 0 Å². The highest BCUT2D eigenvalue weighted by molar-refractivity contribution is 7.12. The van der Waals surface area contributed by atoms with Crippen LogP contribution >= 0.6 is 11.3 Å². The molecule has 0 bridgehead atoms. The Kier molecular flexibility index (Phi) is 2.70. The molecule has 2 aliphatic heterocycles. The lowest BCUT2D eigenvalue weighted by atomic mass is 10.1. The maximum absolute atomic E-state index is 12.2. The molecule has 0 radical (unpaired) electrons. The number of hydrogen-bond donors (Lipinski definition) is 1. The molecule has 3 rings (SSSR count). The largest absolute Gasteiger partial charge is 0.295 e. The van der Waals surface area contributed by atoms with Crippen LogP contribution in [0.2, 0.25) is 0 Å². The third kappa shape index (κ3) is 1.77. The van der Waals surface area contributed by atoms with Crippen molar-refractivity contribution in [1.29, 1.82) is 0 Å². The summed E-state index contributed by atoms with van der Waals surface area (Å²) in [5, 5.41) is 3.88. The van der Waals surface area contributed by atoms with Gasteiger partial charge in [0, 0.05) is 6.42 Å². The van der Waals surface area contributed by atoms with Crippen molar-refractivity contribution >= 4 is 35.0 Å². The van der Waals surface area contributed by atoms with Gasteiger partial charge in [0.25, 0.3) is 11.8 Å². The van der Waals surface area contributed by atoms with Gasteiger partial charge in [0.15, 0.2) is 0 Å². The lowest BCUT2D eigenvalue weighted by Crippen LogP contribution is -2.49. The summed E-state index contributed by atoms with van der Waals surface area (Å²) in [5.74, 6) is -1.82. The van der Waals surface area contributed by atoms with Crippen LogP contribution in [0.1, 0.15) is 39.3 Å². The number of hydrogen-bond acceptors (Lipinski definition) is 5. The van der Waals surface area contributed by atoms with Crippen LogP contribution in [-0.2, 0) is 9.59 Å². The van der Waals surface area contributed by atoms with Gasteiger partial charge in [-0.3, -0.25) is 29.4 Å². The van der Waals surface area contributed by atoms with E-state index in [2.05, 4.69) is 5.32 Å². The highest BCUT2D eigenvalue weighted by Crippen LogP contribution is 2.30. The molecule has 1 atom stereocenters. The molecule has 98 valence electrons. The second-order valence-corrected chi connectivity index (χ2v) is 5.38. The van der Waals surface area contributed by atoms with E-state index in [4.69, 9.17) is 0 Å². The zero-order chi connectivity index (χ0) is 13.6. The molecule has 1 aromatic rings. The van der Waals surface area contributed by atoms with E-state index >= 15 is 0 Å². The Bertz CT molecular complexity index is 576. The molecule has 0 spiro atoms. The summed E-state index contributed by atoms with van der Waals surface area (Å²) in [4.78, 5) is 48.8. The van der Waals surface area contributed by atoms with Crippen LogP contribution in [-0.4, -0.2) is 34.6 Å². The van der Waals surface area contributed by atoms with Crippen LogP contribution in [0.5, 0.6) is 0 Å². The van der Waals surface area contributed by atoms with Gasteiger partial charge in [0.2, 0.25) is 11.8 Å². The molecule has 7 heteroatoms. The van der Waals surface area contributed by atoms with Gasteiger partial charge < -0.3 is 0 Å². The Balaban J connectivity index is 1.93. The fourth-order valence-corrected chi connectivity index (χ4v) is 3.20. The standard InChI is InChI=1S/C12H10N2O4S/c15-8-3-1-2-7(10(16)13-8)14-11(17)6-4-5-19-9(6)12(14)18/h4-5,7H,1-3H2,(H,13,15,16). The molecule has 6 nitrogen and oxygen atoms in total. The summed E-state index contributed by atoms with van der Waals surface area (Å²) in [7, 11) is 0. The average molecular weight is 278 g/mol. The fraction of sp³-hybridized carbons (Fsp3) is 0.333. The monoisotopic (exact) mass is 278 g/mol. The van der Waals surface area contributed by atoms with Crippen molar-refractivity contribution in [3.8, 4) is 0 Å². The summed E-state index contributed by atoms with van der Waals surface area (Å²) in [6.45, 7) is 0. The van der Waals surface area contributed by atoms with Gasteiger partial charge in [0.05, 0.1) is 5.56 Å². The molecular weight excluding hydrogens is 268 g/mol. The van der Waals surface area contributed by atoms with Gasteiger partial charge in [-0.25, -0.2) is 0 Å². The molecule has 1 saturated heterocycles. The smallest absolute Gasteiger partial charge is 0.272 e. The van der Waals surface area contributed by atoms with Crippen molar-refractivity contribution in [3.63, 3.8) is 0 Å². The van der Waals surface area contributed by atoms with E-state index in [0.29, 0.717) is 23.3 Å². The zero-order valence-electron chi connectivity index (χ0n) is 9.84. The number of nitrogens with zero attached hydrogens (tertiary/aromatic N) is 1. The summed E-state index contributed by atoms with van der Waals surface area (Å²) in [6, 6.07) is 0.700. The SMILES string of the molecule is O=C1CCCC(N2C(=O)c3ccsc3C2=O)C(=O)N1. The van der Waals surface area contributed by atoms with E-state index < -0.39 is 23.8 Å². The minimum Gasteiger partial charge on any atom is -0.295 e. The number of imide groups is 2. The highest BCUT2D eigenvalue weighted by Gasteiger charge is 2.44. The molecule has 1 unspecified atom stereocenters. The van der Waals surface area contributed by atoms with Gasteiger partial charge in [-0.1, -0.05) is 0 Å². The number of carbonyl (C=O) groups is 4. The van der Waals surface area contributed by atoms with Crippen molar-refractivity contribution in [1.82, 2.24) is 10.2 Å². The summed E-state index contributed by atoms with van der Waals surface area (Å²) in [5.41, 5.74) is 0.346. The predicted octanol–water partition coefficient (Wildman–Crippen LogP) is 0.539. The Labute approximate surface area is 112 Å². The minimum atomic E-state index is -0.883. The molecule has 19 heavy (non-hydrogen) atoms. The zero-order valence-corrected chi connectivity index (χ0v) is 10.7. The number of fused-ring (bicyclic) bond motifs is 1. The summed E-state index contributed by atoms with van der Waals surface area (Å²) in [6.07, 6.45) is 1.04. The van der Waals surface area contributed by atoms with Gasteiger partial charge in [-0.2, -0.15) is 0 Å². The second kappa shape index (κ2) is 4.27. The molecule has 0 saturated carbocycles. The van der Waals surface area contributed by atoms with Crippen molar-refractivity contribution in [2.75, 3.05) is 0 Å². The minimum absolute atomic E-state index is 0.236. The van der Waals surface area contributed by atoms with Crippen LogP contribution < -0.4 is 5.32 Å². The quantitative estimate of drug-likeness (QED) is 0.760. The van der Waals surface area contributed by atoms with E-state index in [0.717, 1.165) is 4.90 Å². The number of nitrogens with one attached hydrogen (secondary N) is 1. The molecule has 2 aliphatic rings. The van der Waals surface area contributed by atoms with Crippen LogP contribution in [0.3, 0.4) is 0 Å². The topological polar surface area (TPSA) is 83.6 Å². The van der Waals surface area contributed by atoms with Gasteiger partial charge in [-0.05, 0) is 24.3 Å². The third-order valence-corrected chi connectivity index (χ3v) is 4.19. The Morgan fingerprint density at radius 3 is 2.74 bits per heavy atom. The van der Waals surface area contributed by atoms with E-state index in [-0.39, 0.29) is 12.3 Å². The first kappa shape index (κ1) is 12.0. The van der Waals surface area contributed by atoms with E-state index in [1.54, 1.807) is 11.4 Å². The molecule has 3 heterocycles. The maximum atomic E-state index is 12.2. The van der Waals surface area contributed by atoms with Crippen molar-refractivity contribution in [2.24, 2.45) is 0 Å². The lowest BCUT2D eigenvalue weighted by molar-refractivity contribution is -0.131. The Morgan fingerprint density at radius 1 is 1.21 bits per heavy atom. The van der Waals surface area contributed by atoms with Crippen molar-refractivity contribution in [3.05, 3.63) is 21.9 Å². The van der Waals surface area contributed by atoms with E-state index in [9.17, 15) is 19.2 Å². The number of carbonyl (C=O) groups excluding carboxylic acids is 4. The number of rotatable bonds is 1. The summed E-state index contributed by atoms with van der Waals surface area (Å²) < 4.78 is 0. The molecule has 1 N–H and O–H groups in total. The normalized spacial score (nSPS) is 23.4. The van der Waals surface area contributed by atoms with Gasteiger partial charge in [-0.15, -0.1) is 11.3 Å². The molecule has 1 aromatic heterocycles. The van der Waals surface area contributed by atoms with E-state index in [1.807, 2.05) is 0 Å². The third-order valence-electron chi connectivity index (χ3n) is 3.29. The predicted molar refractivity (Wildman–Crippen MR) is 65.6 cm³/mol. The maximum Gasteiger partial charge on any atom is 0.272 e. The average Bonchev–Trinajstić information content (AvgIpc) is 2.87. The molecule has 0 aromatic carbocycles. The van der Waals surface area contributed by atoms with Crippen LogP contribution in [0.25, 0.3) is 0 Å². The molecule has 4 amide bonds. The lowest BCUT2D eigenvalue weighted by Gasteiger charge is -2.22. The number of amides is 4. The first-order valence-electron chi connectivity index (χ1n) is 5.88. The van der Waals surface area contributed by atoms with Crippen molar-refractivity contribution in [2.45, 2.75) is 25.3 Å². The van der Waals surface area contributed by atoms with Crippen LogP contribution in [0.4, 0.5) is 0 Å². The molecule has 0 aliphatic carbocycles. The van der Waals surface area contributed by atoms with Crippen LogP contribution in [0.15, 0.2) is 11.4 Å². The van der Waals surface area contributed by atoms with Crippen molar-refractivity contribution < 1.29 is 19.2 Å². The fourth-order valence-electron chi connectivity index (χ4n) is 2.37. The van der Waals surface area contributed by atoms with E-state index in [1.165, 1.54) is 11.3 Å². The Morgan fingerprint density at radius 2 is 2.00 bits per heavy atom. The number of thiophene rings is 1. The molecular formula is C12H10N2O4S. The molecule has 1 fully saturated rings. The second-order valence-electron chi connectivity index (χ2n) is 4.46. The van der Waals surface area contributed by atoms with Gasteiger partial charge >= 0.3 is 0 Å². The Hall–Kier alpha value is -2.02.